The number of aryl methyl sites for hydroxylation is 1. The van der Waals surface area contributed by atoms with Crippen LogP contribution in [0, 0.1) is 18.3 Å². The lowest BCUT2D eigenvalue weighted by Gasteiger charge is -2.26. The number of rotatable bonds is 4. The number of hydrogen-bond donors (Lipinski definition) is 0. The Morgan fingerprint density at radius 2 is 2.32 bits per heavy atom. The lowest BCUT2D eigenvalue weighted by molar-refractivity contribution is 0.0645. The van der Waals surface area contributed by atoms with E-state index in [1.54, 1.807) is 12.4 Å². The second kappa shape index (κ2) is 6.36. The summed E-state index contributed by atoms with van der Waals surface area (Å²) in [4.78, 5) is 31.0. The minimum absolute atomic E-state index is 0.103. The maximum absolute atomic E-state index is 12.7. The van der Waals surface area contributed by atoms with Crippen molar-refractivity contribution >= 4 is 5.91 Å². The van der Waals surface area contributed by atoms with Crippen LogP contribution < -0.4 is 4.74 Å². The maximum atomic E-state index is 12.7. The van der Waals surface area contributed by atoms with Crippen molar-refractivity contribution in [2.75, 3.05) is 32.9 Å². The summed E-state index contributed by atoms with van der Waals surface area (Å²) in [6, 6.07) is 2.18. The molecule has 0 bridgehead atoms. The molecular formula is C17H19N5O3. The minimum atomic E-state index is -0.231. The van der Waals surface area contributed by atoms with Gasteiger partial charge in [-0.2, -0.15) is 0 Å². The van der Waals surface area contributed by atoms with Crippen LogP contribution in [0.25, 0.3) is 0 Å². The van der Waals surface area contributed by atoms with Gasteiger partial charge in [-0.05, 0) is 13.0 Å². The molecule has 130 valence electrons. The average Bonchev–Trinajstić information content (AvgIpc) is 3.17. The molecule has 2 aromatic rings. The quantitative estimate of drug-likeness (QED) is 0.810. The molecule has 0 saturated carbocycles. The molecule has 2 saturated heterocycles. The molecule has 0 N–H and O–H groups in total. The molecule has 0 spiro atoms. The Morgan fingerprint density at radius 3 is 3.12 bits per heavy atom. The van der Waals surface area contributed by atoms with Gasteiger partial charge in [0.25, 0.3) is 5.91 Å². The SMILES string of the molecule is Cc1ccnc(OC[C@@]23COC[C@@H]2CN(C(=O)c2cnccn2)C3)n1. The summed E-state index contributed by atoms with van der Waals surface area (Å²) in [5.74, 6) is 0.131. The Labute approximate surface area is 145 Å². The van der Waals surface area contributed by atoms with Crippen molar-refractivity contribution in [1.29, 1.82) is 0 Å². The molecule has 0 aliphatic carbocycles. The van der Waals surface area contributed by atoms with E-state index in [9.17, 15) is 4.79 Å². The lowest BCUT2D eigenvalue weighted by atomic mass is 9.82. The van der Waals surface area contributed by atoms with Crippen molar-refractivity contribution in [1.82, 2.24) is 24.8 Å². The molecule has 2 aliphatic rings. The van der Waals surface area contributed by atoms with Gasteiger partial charge >= 0.3 is 6.01 Å². The van der Waals surface area contributed by atoms with Crippen molar-refractivity contribution in [3.63, 3.8) is 0 Å². The van der Waals surface area contributed by atoms with Crippen molar-refractivity contribution in [2.24, 2.45) is 11.3 Å². The van der Waals surface area contributed by atoms with E-state index < -0.39 is 0 Å². The molecule has 2 fully saturated rings. The monoisotopic (exact) mass is 341 g/mol. The van der Waals surface area contributed by atoms with Gasteiger partial charge in [-0.1, -0.05) is 0 Å². The molecule has 4 heterocycles. The number of likely N-dealkylation sites (tertiary alicyclic amines) is 1. The number of fused-ring (bicyclic) bond motifs is 1. The van der Waals surface area contributed by atoms with Gasteiger partial charge < -0.3 is 14.4 Å². The third kappa shape index (κ3) is 3.05. The highest BCUT2D eigenvalue weighted by atomic mass is 16.5. The molecule has 1 amide bonds. The molecule has 2 aliphatic heterocycles. The van der Waals surface area contributed by atoms with Crippen LogP contribution in [0.4, 0.5) is 0 Å². The third-order valence-corrected chi connectivity index (χ3v) is 4.85. The highest BCUT2D eigenvalue weighted by Crippen LogP contribution is 2.41. The Balaban J connectivity index is 1.48. The molecule has 8 nitrogen and oxygen atoms in total. The minimum Gasteiger partial charge on any atom is -0.463 e. The standard InChI is InChI=1S/C17H19N5O3/c1-12-2-3-20-16(21-12)25-11-17-9-22(7-13(17)8-24-10-17)15(23)14-6-18-4-5-19-14/h2-6,13H,7-11H2,1H3/t13-,17+/m0/s1. The Morgan fingerprint density at radius 1 is 1.40 bits per heavy atom. The predicted molar refractivity (Wildman–Crippen MR) is 86.9 cm³/mol. The van der Waals surface area contributed by atoms with E-state index in [4.69, 9.17) is 9.47 Å². The number of ether oxygens (including phenoxy) is 2. The third-order valence-electron chi connectivity index (χ3n) is 4.85. The smallest absolute Gasteiger partial charge is 0.316 e. The fourth-order valence-electron chi connectivity index (χ4n) is 3.47. The second-order valence-electron chi connectivity index (χ2n) is 6.62. The number of amides is 1. The number of carbonyl (C=O) groups excluding carboxylic acids is 1. The zero-order chi connectivity index (χ0) is 17.3. The van der Waals surface area contributed by atoms with Crippen molar-refractivity contribution in [2.45, 2.75) is 6.92 Å². The molecule has 8 heteroatoms. The molecule has 4 rings (SSSR count). The first-order chi connectivity index (χ1) is 12.2. The van der Waals surface area contributed by atoms with Crippen LogP contribution in [0.1, 0.15) is 16.2 Å². The van der Waals surface area contributed by atoms with Gasteiger partial charge in [0, 0.05) is 43.3 Å². The van der Waals surface area contributed by atoms with Gasteiger partial charge in [0.05, 0.1) is 24.8 Å². The highest BCUT2D eigenvalue weighted by molar-refractivity contribution is 5.92. The Hall–Kier alpha value is -2.61. The predicted octanol–water partition coefficient (Wildman–Crippen LogP) is 0.743. The molecule has 25 heavy (non-hydrogen) atoms. The van der Waals surface area contributed by atoms with E-state index in [2.05, 4.69) is 19.9 Å². The van der Waals surface area contributed by atoms with Gasteiger partial charge in [-0.3, -0.25) is 9.78 Å². The van der Waals surface area contributed by atoms with Crippen LogP contribution in [-0.2, 0) is 4.74 Å². The summed E-state index contributed by atoms with van der Waals surface area (Å²) in [5, 5.41) is 0. The molecule has 0 aromatic carbocycles. The van der Waals surface area contributed by atoms with Crippen molar-refractivity contribution in [3.8, 4) is 6.01 Å². The van der Waals surface area contributed by atoms with Crippen LogP contribution in [0.15, 0.2) is 30.9 Å². The average molecular weight is 341 g/mol. The number of hydrogen-bond acceptors (Lipinski definition) is 7. The number of carbonyl (C=O) groups is 1. The topological polar surface area (TPSA) is 90.3 Å². The van der Waals surface area contributed by atoms with E-state index >= 15 is 0 Å². The summed E-state index contributed by atoms with van der Waals surface area (Å²) < 4.78 is 11.5. The van der Waals surface area contributed by atoms with Crippen molar-refractivity contribution < 1.29 is 14.3 Å². The summed E-state index contributed by atoms with van der Waals surface area (Å²) in [6.45, 7) is 4.71. The van der Waals surface area contributed by atoms with Gasteiger partial charge in [-0.25, -0.2) is 15.0 Å². The largest absolute Gasteiger partial charge is 0.463 e. The first-order valence-corrected chi connectivity index (χ1v) is 8.22. The number of aromatic nitrogens is 4. The second-order valence-corrected chi connectivity index (χ2v) is 6.62. The van der Waals surface area contributed by atoms with Crippen molar-refractivity contribution in [3.05, 3.63) is 42.2 Å². The van der Waals surface area contributed by atoms with E-state index in [-0.39, 0.29) is 17.2 Å². The van der Waals surface area contributed by atoms with E-state index in [1.165, 1.54) is 12.4 Å². The molecule has 0 radical (unpaired) electrons. The first kappa shape index (κ1) is 15.9. The molecular weight excluding hydrogens is 322 g/mol. The van der Waals surface area contributed by atoms with E-state index in [0.29, 0.717) is 44.6 Å². The van der Waals surface area contributed by atoms with Crippen LogP contribution in [0.5, 0.6) is 6.01 Å². The molecule has 0 unspecified atom stereocenters. The summed E-state index contributed by atoms with van der Waals surface area (Å²) >= 11 is 0. The van der Waals surface area contributed by atoms with Crippen LogP contribution in [0.2, 0.25) is 0 Å². The fraction of sp³-hybridized carbons (Fsp3) is 0.471. The summed E-state index contributed by atoms with van der Waals surface area (Å²) in [7, 11) is 0. The van der Waals surface area contributed by atoms with E-state index in [1.807, 2.05) is 17.9 Å². The first-order valence-electron chi connectivity index (χ1n) is 8.22. The van der Waals surface area contributed by atoms with Gasteiger partial charge in [0.2, 0.25) is 0 Å². The van der Waals surface area contributed by atoms with Crippen LogP contribution >= 0.6 is 0 Å². The zero-order valence-corrected chi connectivity index (χ0v) is 14.0. The Bertz CT molecular complexity index is 772. The highest BCUT2D eigenvalue weighted by Gasteiger charge is 2.52. The van der Waals surface area contributed by atoms with Crippen LogP contribution in [0.3, 0.4) is 0 Å². The van der Waals surface area contributed by atoms with Gasteiger partial charge in [-0.15, -0.1) is 0 Å². The molecule has 2 atom stereocenters. The maximum Gasteiger partial charge on any atom is 0.316 e. The summed E-state index contributed by atoms with van der Waals surface area (Å²) in [5.41, 5.74) is 0.986. The zero-order valence-electron chi connectivity index (χ0n) is 14.0. The fourth-order valence-corrected chi connectivity index (χ4v) is 3.47. The Kier molecular flexibility index (Phi) is 4.04. The molecule has 2 aromatic heterocycles. The van der Waals surface area contributed by atoms with E-state index in [0.717, 1.165) is 5.69 Å². The normalized spacial score (nSPS) is 25.0. The van der Waals surface area contributed by atoms with Gasteiger partial charge in [0.1, 0.15) is 12.3 Å². The lowest BCUT2D eigenvalue weighted by Crippen LogP contribution is -2.38. The summed E-state index contributed by atoms with van der Waals surface area (Å²) in [6.07, 6.45) is 6.26. The van der Waals surface area contributed by atoms with Gasteiger partial charge in [0.15, 0.2) is 0 Å². The number of nitrogens with zero attached hydrogens (tertiary/aromatic N) is 5. The van der Waals surface area contributed by atoms with Crippen LogP contribution in [-0.4, -0.2) is 63.7 Å².